The lowest BCUT2D eigenvalue weighted by molar-refractivity contribution is -0.148. The van der Waals surface area contributed by atoms with Crippen molar-refractivity contribution >= 4 is 23.6 Å². The molecule has 1 saturated heterocycles. The molecule has 308 valence electrons. The molecule has 2 rings (SSSR count). The van der Waals surface area contributed by atoms with Gasteiger partial charge in [0.2, 0.25) is 23.6 Å². The fourth-order valence-electron chi connectivity index (χ4n) is 7.96. The fraction of sp³-hybridized carbons (Fsp3) is 0.756. The molecular formula is C41H70FN5O7. The Hall–Kier alpha value is -3.13. The lowest BCUT2D eigenvalue weighted by atomic mass is 9.89. The van der Waals surface area contributed by atoms with Crippen LogP contribution in [0.4, 0.5) is 4.39 Å². The molecule has 0 aromatic heterocycles. The van der Waals surface area contributed by atoms with Crippen molar-refractivity contribution in [1.29, 1.82) is 0 Å². The number of carbonyl (C=O) groups excluding carboxylic acids is 4. The lowest BCUT2D eigenvalue weighted by Gasteiger charge is -2.41. The van der Waals surface area contributed by atoms with Gasteiger partial charge in [0, 0.05) is 41.0 Å². The number of likely N-dealkylation sites (N-methyl/N-ethyl adjacent to an activating group) is 2. The first kappa shape index (κ1) is 47.0. The van der Waals surface area contributed by atoms with E-state index in [4.69, 9.17) is 14.2 Å². The number of methoxy groups -OCH3 is 3. The zero-order valence-electron chi connectivity index (χ0n) is 35.4. The third kappa shape index (κ3) is 12.4. The summed E-state index contributed by atoms with van der Waals surface area (Å²) in [4.78, 5) is 60.8. The first-order valence-corrected chi connectivity index (χ1v) is 19.5. The molecule has 1 aromatic rings. The first-order valence-electron chi connectivity index (χ1n) is 19.5. The van der Waals surface area contributed by atoms with Gasteiger partial charge in [-0.05, 0) is 69.3 Å². The summed E-state index contributed by atoms with van der Waals surface area (Å²) in [7, 11) is 10.1. The molecule has 54 heavy (non-hydrogen) atoms. The molecule has 0 bridgehead atoms. The van der Waals surface area contributed by atoms with Gasteiger partial charge in [-0.15, -0.1) is 0 Å². The molecule has 12 nitrogen and oxygen atoms in total. The van der Waals surface area contributed by atoms with Crippen LogP contribution in [-0.2, 0) is 39.8 Å². The number of carbonyl (C=O) groups is 4. The number of nitrogens with one attached hydrogen (secondary N) is 2. The van der Waals surface area contributed by atoms with E-state index in [1.165, 1.54) is 12.1 Å². The van der Waals surface area contributed by atoms with Crippen molar-refractivity contribution in [3.8, 4) is 0 Å². The summed E-state index contributed by atoms with van der Waals surface area (Å²) in [5, 5.41) is 6.09. The number of benzene rings is 1. The van der Waals surface area contributed by atoms with Crippen LogP contribution in [0.2, 0.25) is 0 Å². The first-order chi connectivity index (χ1) is 25.3. The summed E-state index contributed by atoms with van der Waals surface area (Å²) in [6, 6.07) is 3.88. The standard InChI is InChI=1S/C41H70FN5O7/c1-15-26(6)37(46(11)41(51)35(24(2)3)44-40(50)36(25(4)5)45(9)10)33(53-13)22-34(48)47-23-31(52-12)21-32(47)38(54-14)28(8)39(49)43-27(7)20-29-16-18-30(42)19-17-29/h16-19,24-28,31-33,35-38H,15,20-23H2,1-14H3,(H,43,49)(H,44,50)/t26-,27+,28+,31+,32-,33+,35-,36-,37-,38+/m0/s1. The number of ether oxygens (including phenoxy) is 3. The summed E-state index contributed by atoms with van der Waals surface area (Å²) in [6.45, 7) is 15.8. The van der Waals surface area contributed by atoms with Crippen LogP contribution in [0.15, 0.2) is 24.3 Å². The molecule has 0 spiro atoms. The zero-order chi connectivity index (χ0) is 41.0. The Bertz CT molecular complexity index is 1340. The van der Waals surface area contributed by atoms with Gasteiger partial charge in [-0.3, -0.25) is 24.1 Å². The fourth-order valence-corrected chi connectivity index (χ4v) is 7.96. The lowest BCUT2D eigenvalue weighted by Crippen LogP contribution is -2.59. The summed E-state index contributed by atoms with van der Waals surface area (Å²) in [6.07, 6.45) is 0.168. The molecule has 4 amide bonds. The molecule has 1 aromatic carbocycles. The second kappa shape index (κ2) is 21.8. The van der Waals surface area contributed by atoms with E-state index >= 15 is 0 Å². The maximum atomic E-state index is 14.3. The van der Waals surface area contributed by atoms with E-state index in [2.05, 4.69) is 10.6 Å². The number of amides is 4. The van der Waals surface area contributed by atoms with E-state index in [-0.39, 0.29) is 65.8 Å². The summed E-state index contributed by atoms with van der Waals surface area (Å²) in [5.74, 6) is -1.98. The second-order valence-electron chi connectivity index (χ2n) is 16.1. The predicted octanol–water partition coefficient (Wildman–Crippen LogP) is 4.15. The molecule has 0 radical (unpaired) electrons. The Balaban J connectivity index is 2.31. The van der Waals surface area contributed by atoms with Crippen molar-refractivity contribution in [1.82, 2.24) is 25.3 Å². The van der Waals surface area contributed by atoms with Crippen LogP contribution in [0.5, 0.6) is 0 Å². The van der Waals surface area contributed by atoms with E-state index in [9.17, 15) is 23.6 Å². The quantitative estimate of drug-likeness (QED) is 0.191. The molecule has 0 unspecified atom stereocenters. The highest BCUT2D eigenvalue weighted by Gasteiger charge is 2.45. The molecule has 0 aliphatic carbocycles. The largest absolute Gasteiger partial charge is 0.380 e. The van der Waals surface area contributed by atoms with Gasteiger partial charge >= 0.3 is 0 Å². The summed E-state index contributed by atoms with van der Waals surface area (Å²) in [5.41, 5.74) is 0.903. The summed E-state index contributed by atoms with van der Waals surface area (Å²) < 4.78 is 31.1. The van der Waals surface area contributed by atoms with Crippen molar-refractivity contribution in [3.63, 3.8) is 0 Å². The van der Waals surface area contributed by atoms with Gasteiger partial charge in [0.25, 0.3) is 0 Å². The van der Waals surface area contributed by atoms with Crippen LogP contribution in [0.3, 0.4) is 0 Å². The Morgan fingerprint density at radius 2 is 1.50 bits per heavy atom. The number of halogens is 1. The zero-order valence-corrected chi connectivity index (χ0v) is 35.4. The van der Waals surface area contributed by atoms with E-state index in [0.717, 1.165) is 12.0 Å². The minimum atomic E-state index is -0.776. The molecule has 1 heterocycles. The van der Waals surface area contributed by atoms with Gasteiger partial charge < -0.3 is 34.6 Å². The van der Waals surface area contributed by atoms with Gasteiger partial charge in [0.15, 0.2) is 0 Å². The minimum Gasteiger partial charge on any atom is -0.380 e. The van der Waals surface area contributed by atoms with Gasteiger partial charge in [-0.25, -0.2) is 4.39 Å². The van der Waals surface area contributed by atoms with Crippen LogP contribution in [0, 0.1) is 29.5 Å². The SMILES string of the molecule is CC[C@H](C)[C@@H]([C@@H](CC(=O)N1C[C@H](OC)C[C@H]1[C@H](OC)[C@@H](C)C(=O)N[C@H](C)Cc1ccc(F)cc1)OC)N(C)C(=O)[C@@H](NC(=O)[C@H](C(C)C)N(C)C)C(C)C. The van der Waals surface area contributed by atoms with E-state index in [1.54, 1.807) is 57.2 Å². The number of rotatable bonds is 21. The van der Waals surface area contributed by atoms with Crippen molar-refractivity contribution in [2.45, 2.75) is 130 Å². The van der Waals surface area contributed by atoms with Crippen LogP contribution < -0.4 is 10.6 Å². The normalized spacial score (nSPS) is 20.6. The van der Waals surface area contributed by atoms with Gasteiger partial charge in [-0.1, -0.05) is 67.0 Å². The van der Waals surface area contributed by atoms with Crippen LogP contribution in [0.1, 0.15) is 80.2 Å². The Morgan fingerprint density at radius 1 is 0.889 bits per heavy atom. The highest BCUT2D eigenvalue weighted by molar-refractivity contribution is 5.90. The van der Waals surface area contributed by atoms with Crippen LogP contribution in [-0.4, -0.2) is 136 Å². The molecule has 0 saturated carbocycles. The Labute approximate surface area is 324 Å². The molecule has 10 atom stereocenters. The van der Waals surface area contributed by atoms with Crippen LogP contribution in [0.25, 0.3) is 0 Å². The number of nitrogens with zero attached hydrogens (tertiary/aromatic N) is 3. The summed E-state index contributed by atoms with van der Waals surface area (Å²) >= 11 is 0. The maximum Gasteiger partial charge on any atom is 0.245 e. The highest BCUT2D eigenvalue weighted by Crippen LogP contribution is 2.31. The molecule has 13 heteroatoms. The minimum absolute atomic E-state index is 0.0173. The second-order valence-corrected chi connectivity index (χ2v) is 16.1. The average molecular weight is 764 g/mol. The van der Waals surface area contributed by atoms with Crippen molar-refractivity contribution in [2.75, 3.05) is 49.0 Å². The molecule has 2 N–H and O–H groups in total. The van der Waals surface area contributed by atoms with Gasteiger partial charge in [0.05, 0.1) is 48.8 Å². The third-order valence-electron chi connectivity index (χ3n) is 11.1. The average Bonchev–Trinajstić information content (AvgIpc) is 3.54. The predicted molar refractivity (Wildman–Crippen MR) is 209 cm³/mol. The van der Waals surface area contributed by atoms with E-state index < -0.39 is 42.3 Å². The Morgan fingerprint density at radius 3 is 1.98 bits per heavy atom. The topological polar surface area (TPSA) is 130 Å². The molecule has 1 fully saturated rings. The van der Waals surface area contributed by atoms with Crippen molar-refractivity contribution in [2.24, 2.45) is 23.7 Å². The maximum absolute atomic E-state index is 14.3. The van der Waals surface area contributed by atoms with Crippen molar-refractivity contribution < 1.29 is 37.8 Å². The third-order valence-corrected chi connectivity index (χ3v) is 11.1. The molecular weight excluding hydrogens is 693 g/mol. The van der Waals surface area contributed by atoms with Gasteiger partial charge in [0.1, 0.15) is 11.9 Å². The monoisotopic (exact) mass is 764 g/mol. The number of hydrogen-bond acceptors (Lipinski definition) is 8. The Kier molecular flexibility index (Phi) is 19.0. The van der Waals surface area contributed by atoms with E-state index in [1.807, 2.05) is 67.5 Å². The number of likely N-dealkylation sites (tertiary alicyclic amines) is 1. The molecule has 1 aliphatic heterocycles. The number of hydrogen-bond donors (Lipinski definition) is 2. The highest BCUT2D eigenvalue weighted by atomic mass is 19.1. The molecule has 1 aliphatic rings. The van der Waals surface area contributed by atoms with Crippen molar-refractivity contribution in [3.05, 3.63) is 35.6 Å². The smallest absolute Gasteiger partial charge is 0.245 e. The van der Waals surface area contributed by atoms with Gasteiger partial charge in [-0.2, -0.15) is 0 Å². The van der Waals surface area contributed by atoms with E-state index in [0.29, 0.717) is 19.4 Å². The van der Waals surface area contributed by atoms with Crippen LogP contribution >= 0.6 is 0 Å².